The summed E-state index contributed by atoms with van der Waals surface area (Å²) in [5.41, 5.74) is -0.0412. The molecule has 124 valence electrons. The maximum Gasteiger partial charge on any atom is 0.494 e. The van der Waals surface area contributed by atoms with Gasteiger partial charge in [0.1, 0.15) is 5.82 Å². The smallest absolute Gasteiger partial charge is 0.463 e. The van der Waals surface area contributed by atoms with E-state index >= 15 is 0 Å². The van der Waals surface area contributed by atoms with Crippen LogP contribution in [0.2, 0.25) is 0 Å². The first-order chi connectivity index (χ1) is 10.7. The minimum atomic E-state index is -0.613. The standard InChI is InChI=1S/C17H22BFO4/c1-6-21-15(20)10-8-12-7-9-13(11-14(12)19)18-22-16(2,3)17(4,5)23-18/h7-11H,6H2,1-5H3/b10-8+. The van der Waals surface area contributed by atoms with E-state index in [9.17, 15) is 9.18 Å². The molecular weight excluding hydrogens is 298 g/mol. The van der Waals surface area contributed by atoms with E-state index in [1.54, 1.807) is 19.1 Å². The van der Waals surface area contributed by atoms with Crippen molar-refractivity contribution in [1.29, 1.82) is 0 Å². The van der Waals surface area contributed by atoms with E-state index in [-0.39, 0.29) is 6.61 Å². The molecule has 1 saturated heterocycles. The maximum absolute atomic E-state index is 14.2. The van der Waals surface area contributed by atoms with Crippen molar-refractivity contribution in [2.45, 2.75) is 45.8 Å². The molecule has 0 bridgehead atoms. The highest BCUT2D eigenvalue weighted by Gasteiger charge is 2.51. The van der Waals surface area contributed by atoms with E-state index < -0.39 is 30.1 Å². The Hall–Kier alpha value is -1.66. The van der Waals surface area contributed by atoms with Gasteiger partial charge in [0.25, 0.3) is 0 Å². The minimum Gasteiger partial charge on any atom is -0.463 e. The predicted molar refractivity (Wildman–Crippen MR) is 87.8 cm³/mol. The molecule has 1 aromatic rings. The zero-order valence-electron chi connectivity index (χ0n) is 14.2. The topological polar surface area (TPSA) is 44.8 Å². The van der Waals surface area contributed by atoms with Gasteiger partial charge in [-0.25, -0.2) is 9.18 Å². The first-order valence-electron chi connectivity index (χ1n) is 7.66. The summed E-state index contributed by atoms with van der Waals surface area (Å²) in [7, 11) is -0.613. The normalized spacial score (nSPS) is 19.3. The summed E-state index contributed by atoms with van der Waals surface area (Å²) in [6, 6.07) is 4.69. The summed E-state index contributed by atoms with van der Waals surface area (Å²) in [4.78, 5) is 11.3. The van der Waals surface area contributed by atoms with Gasteiger partial charge in [0.05, 0.1) is 17.8 Å². The largest absolute Gasteiger partial charge is 0.494 e. The van der Waals surface area contributed by atoms with Crippen molar-refractivity contribution in [3.8, 4) is 0 Å². The van der Waals surface area contributed by atoms with Crippen LogP contribution in [-0.4, -0.2) is 30.9 Å². The van der Waals surface area contributed by atoms with Crippen molar-refractivity contribution in [1.82, 2.24) is 0 Å². The lowest BCUT2D eigenvalue weighted by Gasteiger charge is -2.32. The van der Waals surface area contributed by atoms with Gasteiger partial charge in [-0.3, -0.25) is 0 Å². The van der Waals surface area contributed by atoms with Crippen LogP contribution in [0.1, 0.15) is 40.2 Å². The molecule has 1 aliphatic heterocycles. The molecule has 2 rings (SSSR count). The molecule has 1 aliphatic rings. The van der Waals surface area contributed by atoms with Gasteiger partial charge in [-0.15, -0.1) is 0 Å². The van der Waals surface area contributed by atoms with E-state index in [4.69, 9.17) is 14.0 Å². The average Bonchev–Trinajstić information content (AvgIpc) is 2.66. The van der Waals surface area contributed by atoms with Crippen LogP contribution < -0.4 is 5.46 Å². The molecule has 0 saturated carbocycles. The van der Waals surface area contributed by atoms with E-state index in [0.717, 1.165) is 0 Å². The van der Waals surface area contributed by atoms with Gasteiger partial charge in [-0.05, 0) is 52.2 Å². The molecule has 1 heterocycles. The monoisotopic (exact) mass is 320 g/mol. The van der Waals surface area contributed by atoms with Crippen molar-refractivity contribution in [3.05, 3.63) is 35.7 Å². The Balaban J connectivity index is 2.16. The van der Waals surface area contributed by atoms with E-state index in [0.29, 0.717) is 11.0 Å². The Kier molecular flexibility index (Phi) is 4.97. The van der Waals surface area contributed by atoms with E-state index in [1.165, 1.54) is 18.2 Å². The molecular formula is C17H22BFO4. The Labute approximate surface area is 136 Å². The highest BCUT2D eigenvalue weighted by atomic mass is 19.1. The summed E-state index contributed by atoms with van der Waals surface area (Å²) in [5.74, 6) is -0.945. The molecule has 0 unspecified atom stereocenters. The zero-order valence-corrected chi connectivity index (χ0v) is 14.2. The number of rotatable bonds is 4. The molecule has 0 N–H and O–H groups in total. The number of ether oxygens (including phenoxy) is 1. The molecule has 4 nitrogen and oxygen atoms in total. The lowest BCUT2D eigenvalue weighted by molar-refractivity contribution is -0.137. The quantitative estimate of drug-likeness (QED) is 0.486. The summed E-state index contributed by atoms with van der Waals surface area (Å²) < 4.78 is 30.8. The number of hydrogen-bond donors (Lipinski definition) is 0. The number of esters is 1. The summed E-state index contributed by atoms with van der Waals surface area (Å²) in [6.07, 6.45) is 2.59. The van der Waals surface area contributed by atoms with Crippen molar-refractivity contribution in [3.63, 3.8) is 0 Å². The van der Waals surface area contributed by atoms with E-state index in [2.05, 4.69) is 0 Å². The van der Waals surface area contributed by atoms with Gasteiger partial charge in [-0.1, -0.05) is 12.1 Å². The third-order valence-electron chi connectivity index (χ3n) is 4.24. The average molecular weight is 320 g/mol. The second-order valence-corrected chi connectivity index (χ2v) is 6.45. The van der Waals surface area contributed by atoms with Crippen molar-refractivity contribution in [2.75, 3.05) is 6.61 Å². The SMILES string of the molecule is CCOC(=O)/C=C/c1ccc(B2OC(C)(C)C(C)(C)O2)cc1F. The second kappa shape index (κ2) is 6.45. The lowest BCUT2D eigenvalue weighted by atomic mass is 9.78. The second-order valence-electron chi connectivity index (χ2n) is 6.45. The van der Waals surface area contributed by atoms with Crippen LogP contribution in [0.25, 0.3) is 6.08 Å². The Morgan fingerprint density at radius 3 is 2.39 bits per heavy atom. The van der Waals surface area contributed by atoms with Crippen LogP contribution in [-0.2, 0) is 18.8 Å². The first-order valence-corrected chi connectivity index (χ1v) is 7.66. The number of hydrogen-bond acceptors (Lipinski definition) is 4. The van der Waals surface area contributed by atoms with Crippen LogP contribution in [0.3, 0.4) is 0 Å². The highest BCUT2D eigenvalue weighted by Crippen LogP contribution is 2.36. The van der Waals surface area contributed by atoms with Gasteiger partial charge < -0.3 is 14.0 Å². The Bertz CT molecular complexity index is 609. The van der Waals surface area contributed by atoms with Crippen LogP contribution >= 0.6 is 0 Å². The zero-order chi connectivity index (χ0) is 17.3. The van der Waals surface area contributed by atoms with Crippen LogP contribution in [0, 0.1) is 5.82 Å². The maximum atomic E-state index is 14.2. The fourth-order valence-corrected chi connectivity index (χ4v) is 2.15. The fourth-order valence-electron chi connectivity index (χ4n) is 2.15. The van der Waals surface area contributed by atoms with Gasteiger partial charge in [0.15, 0.2) is 0 Å². The highest BCUT2D eigenvalue weighted by molar-refractivity contribution is 6.62. The van der Waals surface area contributed by atoms with Crippen LogP contribution in [0.15, 0.2) is 24.3 Å². The minimum absolute atomic E-state index is 0.284. The number of halogens is 1. The number of carbonyl (C=O) groups is 1. The van der Waals surface area contributed by atoms with Gasteiger partial charge in [0, 0.05) is 11.6 Å². The molecule has 1 fully saturated rings. The Morgan fingerprint density at radius 2 is 1.87 bits per heavy atom. The molecule has 0 atom stereocenters. The van der Waals surface area contributed by atoms with Crippen molar-refractivity contribution < 1.29 is 23.2 Å². The van der Waals surface area contributed by atoms with Crippen molar-refractivity contribution in [2.24, 2.45) is 0 Å². The summed E-state index contributed by atoms with van der Waals surface area (Å²) >= 11 is 0. The molecule has 0 radical (unpaired) electrons. The molecule has 6 heteroatoms. The third-order valence-corrected chi connectivity index (χ3v) is 4.24. The predicted octanol–water partition coefficient (Wildman–Crippen LogP) is 2.70. The Morgan fingerprint density at radius 1 is 1.26 bits per heavy atom. The van der Waals surface area contributed by atoms with Crippen LogP contribution in [0.4, 0.5) is 4.39 Å². The number of benzene rings is 1. The van der Waals surface area contributed by atoms with Gasteiger partial charge >= 0.3 is 13.1 Å². The third kappa shape index (κ3) is 3.82. The first kappa shape index (κ1) is 17.7. The molecule has 1 aromatic carbocycles. The molecule has 23 heavy (non-hydrogen) atoms. The van der Waals surface area contributed by atoms with Gasteiger partial charge in [-0.2, -0.15) is 0 Å². The lowest BCUT2D eigenvalue weighted by Crippen LogP contribution is -2.41. The molecule has 0 amide bonds. The van der Waals surface area contributed by atoms with Gasteiger partial charge in [0.2, 0.25) is 0 Å². The molecule has 0 spiro atoms. The molecule has 0 aromatic heterocycles. The van der Waals surface area contributed by atoms with Crippen LogP contribution in [0.5, 0.6) is 0 Å². The van der Waals surface area contributed by atoms with Crippen molar-refractivity contribution >= 4 is 24.6 Å². The summed E-state index contributed by atoms with van der Waals surface area (Å²) in [5, 5.41) is 0. The fraction of sp³-hybridized carbons (Fsp3) is 0.471. The summed E-state index contributed by atoms with van der Waals surface area (Å²) in [6.45, 7) is 9.78. The molecule has 0 aliphatic carbocycles. The van der Waals surface area contributed by atoms with E-state index in [1.807, 2.05) is 27.7 Å². The number of carbonyl (C=O) groups excluding carboxylic acids is 1.